The fourth-order valence-electron chi connectivity index (χ4n) is 3.37. The molecule has 3 aromatic rings. The summed E-state index contributed by atoms with van der Waals surface area (Å²) >= 11 is 0. The van der Waals surface area contributed by atoms with Gasteiger partial charge in [0, 0.05) is 30.5 Å². The molecule has 0 radical (unpaired) electrons. The third kappa shape index (κ3) is 3.74. The first-order valence-electron chi connectivity index (χ1n) is 8.78. The van der Waals surface area contributed by atoms with Gasteiger partial charge in [-0.3, -0.25) is 4.98 Å². The van der Waals surface area contributed by atoms with E-state index in [2.05, 4.69) is 15.5 Å². The fourth-order valence-corrected chi connectivity index (χ4v) is 3.37. The van der Waals surface area contributed by atoms with E-state index in [1.165, 1.54) is 18.2 Å². The average molecular weight is 372 g/mol. The Labute approximate surface area is 154 Å². The van der Waals surface area contributed by atoms with Crippen LogP contribution in [-0.4, -0.2) is 34.2 Å². The number of likely N-dealkylation sites (tertiary alicyclic amines) is 1. The Morgan fingerprint density at radius 1 is 1.19 bits per heavy atom. The van der Waals surface area contributed by atoms with Crippen molar-refractivity contribution in [2.45, 2.75) is 25.3 Å². The van der Waals surface area contributed by atoms with E-state index in [4.69, 9.17) is 4.52 Å². The lowest BCUT2D eigenvalue weighted by Crippen LogP contribution is -2.44. The second-order valence-corrected chi connectivity index (χ2v) is 6.60. The van der Waals surface area contributed by atoms with Crippen LogP contribution < -0.4 is 5.32 Å². The number of fused-ring (bicyclic) bond motifs is 1. The predicted octanol–water partition coefficient (Wildman–Crippen LogP) is 3.59. The standard InChI is InChI=1S/C19H18F2N4O2/c20-13-2-4-16-17(9-13)27-24-18(16)12-5-7-25(8-6-12)19(26)23-11-15-3-1-14(21)10-22-15/h1-4,9-10,12H,5-8,11H2,(H,23,26). The van der Waals surface area contributed by atoms with Crippen molar-refractivity contribution in [3.05, 3.63) is 59.6 Å². The monoisotopic (exact) mass is 372 g/mol. The molecule has 0 bridgehead atoms. The summed E-state index contributed by atoms with van der Waals surface area (Å²) in [7, 11) is 0. The van der Waals surface area contributed by atoms with E-state index >= 15 is 0 Å². The van der Waals surface area contributed by atoms with Gasteiger partial charge in [0.15, 0.2) is 5.58 Å². The molecule has 1 saturated heterocycles. The summed E-state index contributed by atoms with van der Waals surface area (Å²) in [6.45, 7) is 1.42. The zero-order chi connectivity index (χ0) is 18.8. The van der Waals surface area contributed by atoms with Crippen molar-refractivity contribution in [3.63, 3.8) is 0 Å². The van der Waals surface area contributed by atoms with Gasteiger partial charge in [-0.25, -0.2) is 13.6 Å². The Morgan fingerprint density at radius 2 is 1.96 bits per heavy atom. The number of hydrogen-bond acceptors (Lipinski definition) is 4. The summed E-state index contributed by atoms with van der Waals surface area (Å²) in [5.41, 5.74) is 1.86. The molecule has 0 atom stereocenters. The third-order valence-corrected chi connectivity index (χ3v) is 4.84. The summed E-state index contributed by atoms with van der Waals surface area (Å²) in [5, 5.41) is 7.73. The molecule has 8 heteroatoms. The highest BCUT2D eigenvalue weighted by Gasteiger charge is 2.27. The molecular formula is C19H18F2N4O2. The van der Waals surface area contributed by atoms with E-state index in [0.29, 0.717) is 24.4 Å². The summed E-state index contributed by atoms with van der Waals surface area (Å²) in [4.78, 5) is 18.0. The van der Waals surface area contributed by atoms with Gasteiger partial charge in [-0.2, -0.15) is 0 Å². The van der Waals surface area contributed by atoms with Gasteiger partial charge in [0.05, 0.1) is 24.1 Å². The summed E-state index contributed by atoms with van der Waals surface area (Å²) < 4.78 is 31.4. The van der Waals surface area contributed by atoms with E-state index < -0.39 is 5.82 Å². The average Bonchev–Trinajstić information content (AvgIpc) is 3.10. The number of halogens is 2. The van der Waals surface area contributed by atoms with Gasteiger partial charge in [0.2, 0.25) is 0 Å². The quantitative estimate of drug-likeness (QED) is 0.763. The fraction of sp³-hybridized carbons (Fsp3) is 0.316. The van der Waals surface area contributed by atoms with Crippen LogP contribution in [-0.2, 0) is 6.54 Å². The molecule has 0 aliphatic carbocycles. The van der Waals surface area contributed by atoms with E-state index in [-0.39, 0.29) is 24.3 Å². The molecule has 2 aromatic heterocycles. The summed E-state index contributed by atoms with van der Waals surface area (Å²) in [6, 6.07) is 7.10. The van der Waals surface area contributed by atoms with Crippen LogP contribution in [0.25, 0.3) is 11.0 Å². The van der Waals surface area contributed by atoms with Gasteiger partial charge in [-0.15, -0.1) is 0 Å². The SMILES string of the molecule is O=C(NCc1ccc(F)cn1)N1CCC(c2noc3cc(F)ccc23)CC1. The van der Waals surface area contributed by atoms with Crippen molar-refractivity contribution in [1.82, 2.24) is 20.4 Å². The van der Waals surface area contributed by atoms with Gasteiger partial charge in [0.1, 0.15) is 11.6 Å². The normalized spacial score (nSPS) is 15.3. The second kappa shape index (κ2) is 7.30. The van der Waals surface area contributed by atoms with Gasteiger partial charge in [0.25, 0.3) is 0 Å². The zero-order valence-electron chi connectivity index (χ0n) is 14.5. The van der Waals surface area contributed by atoms with Crippen LogP contribution in [0.3, 0.4) is 0 Å². The number of aromatic nitrogens is 2. The third-order valence-electron chi connectivity index (χ3n) is 4.84. The topological polar surface area (TPSA) is 71.3 Å². The highest BCUT2D eigenvalue weighted by atomic mass is 19.1. The van der Waals surface area contributed by atoms with Crippen molar-refractivity contribution >= 4 is 17.0 Å². The van der Waals surface area contributed by atoms with Crippen LogP contribution in [0.15, 0.2) is 41.1 Å². The van der Waals surface area contributed by atoms with Crippen LogP contribution in [0.5, 0.6) is 0 Å². The maximum Gasteiger partial charge on any atom is 0.317 e. The Morgan fingerprint density at radius 3 is 2.70 bits per heavy atom. The lowest BCUT2D eigenvalue weighted by molar-refractivity contribution is 0.180. The number of carbonyl (C=O) groups is 1. The summed E-state index contributed by atoms with van der Waals surface area (Å²) in [5.74, 6) is -0.595. The van der Waals surface area contributed by atoms with E-state index in [1.54, 1.807) is 17.0 Å². The highest BCUT2D eigenvalue weighted by molar-refractivity contribution is 5.80. The maximum atomic E-state index is 13.3. The molecule has 4 rings (SSSR count). The number of hydrogen-bond donors (Lipinski definition) is 1. The number of pyridine rings is 1. The minimum atomic E-state index is -0.407. The van der Waals surface area contributed by atoms with Crippen molar-refractivity contribution in [2.75, 3.05) is 13.1 Å². The lowest BCUT2D eigenvalue weighted by Gasteiger charge is -2.31. The zero-order valence-corrected chi connectivity index (χ0v) is 14.5. The number of urea groups is 1. The van der Waals surface area contributed by atoms with Crippen molar-refractivity contribution in [1.29, 1.82) is 0 Å². The number of rotatable bonds is 3. The number of piperidine rings is 1. The molecule has 1 fully saturated rings. The number of carbonyl (C=O) groups excluding carboxylic acids is 1. The van der Waals surface area contributed by atoms with Crippen molar-refractivity contribution < 1.29 is 18.1 Å². The first-order valence-corrected chi connectivity index (χ1v) is 8.78. The van der Waals surface area contributed by atoms with Gasteiger partial charge in [-0.1, -0.05) is 5.16 Å². The first-order chi connectivity index (χ1) is 13.1. The molecule has 2 amide bonds. The number of amides is 2. The van der Waals surface area contributed by atoms with E-state index in [9.17, 15) is 13.6 Å². The maximum absolute atomic E-state index is 13.3. The van der Waals surface area contributed by atoms with Crippen molar-refractivity contribution in [3.8, 4) is 0 Å². The molecule has 0 spiro atoms. The Kier molecular flexibility index (Phi) is 4.70. The Balaban J connectivity index is 1.34. The van der Waals surface area contributed by atoms with Crippen molar-refractivity contribution in [2.24, 2.45) is 0 Å². The van der Waals surface area contributed by atoms with Gasteiger partial charge < -0.3 is 14.7 Å². The predicted molar refractivity (Wildman–Crippen MR) is 93.9 cm³/mol. The highest BCUT2D eigenvalue weighted by Crippen LogP contribution is 2.32. The first kappa shape index (κ1) is 17.4. The van der Waals surface area contributed by atoms with Gasteiger partial charge in [-0.05, 0) is 37.1 Å². The molecular weight excluding hydrogens is 354 g/mol. The molecule has 140 valence electrons. The minimum absolute atomic E-state index is 0.166. The molecule has 1 aromatic carbocycles. The molecule has 3 heterocycles. The van der Waals surface area contributed by atoms with Crippen LogP contribution in [0, 0.1) is 11.6 Å². The molecule has 1 N–H and O–H groups in total. The number of nitrogens with one attached hydrogen (secondary N) is 1. The molecule has 0 unspecified atom stereocenters. The molecule has 1 aliphatic heterocycles. The van der Waals surface area contributed by atoms with E-state index in [0.717, 1.165) is 30.1 Å². The van der Waals surface area contributed by atoms with E-state index in [1.807, 2.05) is 0 Å². The largest absolute Gasteiger partial charge is 0.356 e. The van der Waals surface area contributed by atoms with Gasteiger partial charge >= 0.3 is 6.03 Å². The van der Waals surface area contributed by atoms with Crippen LogP contribution in [0.2, 0.25) is 0 Å². The molecule has 1 aliphatic rings. The molecule has 27 heavy (non-hydrogen) atoms. The number of nitrogens with zero attached hydrogens (tertiary/aromatic N) is 3. The second-order valence-electron chi connectivity index (χ2n) is 6.60. The van der Waals surface area contributed by atoms with Crippen LogP contribution in [0.1, 0.15) is 30.1 Å². The van der Waals surface area contributed by atoms with Crippen LogP contribution in [0.4, 0.5) is 13.6 Å². The smallest absolute Gasteiger partial charge is 0.317 e. The minimum Gasteiger partial charge on any atom is -0.356 e. The lowest BCUT2D eigenvalue weighted by atomic mass is 9.92. The summed E-state index contributed by atoms with van der Waals surface area (Å²) in [6.07, 6.45) is 2.63. The number of benzene rings is 1. The van der Waals surface area contributed by atoms with Crippen LogP contribution >= 0.6 is 0 Å². The Hall–Kier alpha value is -3.03. The molecule has 0 saturated carbocycles. The molecule has 6 nitrogen and oxygen atoms in total. The Bertz CT molecular complexity index is 950.